The number of hydrogen-bond donors (Lipinski definition) is 0. The lowest BCUT2D eigenvalue weighted by atomic mass is 10.3. The van der Waals surface area contributed by atoms with Crippen LogP contribution in [-0.2, 0) is 11.3 Å². The fourth-order valence-electron chi connectivity index (χ4n) is 1.13. The highest BCUT2D eigenvalue weighted by Crippen LogP contribution is 2.28. The topological polar surface area (TPSA) is 31.2 Å². The molecule has 0 aromatic carbocycles. The molecule has 1 aromatic rings. The minimum absolute atomic E-state index is 0.337. The molecule has 0 atom stereocenters. The summed E-state index contributed by atoms with van der Waals surface area (Å²) in [6.45, 7) is 2.81. The third-order valence-electron chi connectivity index (χ3n) is 1.87. The number of halogens is 4. The van der Waals surface area contributed by atoms with E-state index in [4.69, 9.17) is 16.3 Å². The number of allylic oxidation sites excluding steroid dienone is 1. The van der Waals surface area contributed by atoms with Crippen LogP contribution in [0.2, 0.25) is 5.15 Å². The average molecular weight is 591 g/mol. The van der Waals surface area contributed by atoms with Crippen LogP contribution in [-0.4, -0.2) is 17.1 Å². The Labute approximate surface area is 146 Å². The molecule has 0 radical (unpaired) electrons. The van der Waals surface area contributed by atoms with E-state index in [0.29, 0.717) is 23.9 Å². The van der Waals surface area contributed by atoms with E-state index in [2.05, 4.69) is 67.8 Å². The van der Waals surface area contributed by atoms with Crippen molar-refractivity contribution in [3.8, 4) is 0 Å². The van der Waals surface area contributed by atoms with Crippen LogP contribution >= 0.6 is 79.4 Å². The van der Waals surface area contributed by atoms with E-state index < -0.39 is 0 Å². The molecular weight excluding hydrogens is 582 g/mol. The summed E-state index contributed by atoms with van der Waals surface area (Å²) in [5.41, 5.74) is 0.490. The van der Waals surface area contributed by atoms with Crippen LogP contribution < -0.4 is 0 Å². The van der Waals surface area contributed by atoms with Crippen molar-refractivity contribution in [1.82, 2.24) is 4.57 Å². The van der Waals surface area contributed by atoms with Crippen LogP contribution in [0.3, 0.4) is 0 Å². The maximum atomic E-state index is 11.5. The normalized spacial score (nSPS) is 10.2. The van der Waals surface area contributed by atoms with Crippen LogP contribution in [0.25, 0.3) is 0 Å². The lowest BCUT2D eigenvalue weighted by Crippen LogP contribution is -2.03. The van der Waals surface area contributed by atoms with Crippen LogP contribution in [0.15, 0.2) is 17.4 Å². The van der Waals surface area contributed by atoms with Gasteiger partial charge in [0.2, 0.25) is 0 Å². The number of nitrogens with zero attached hydrogens (tertiary/aromatic N) is 1. The van der Waals surface area contributed by atoms with Gasteiger partial charge in [0.05, 0.1) is 20.3 Å². The number of esters is 1. The largest absolute Gasteiger partial charge is 0.462 e. The van der Waals surface area contributed by atoms with Crippen molar-refractivity contribution in [1.29, 1.82) is 0 Å². The van der Waals surface area contributed by atoms with Crippen molar-refractivity contribution in [2.75, 3.05) is 6.61 Å². The van der Waals surface area contributed by atoms with Crippen molar-refractivity contribution in [2.24, 2.45) is 0 Å². The molecular formula is C10H9ClI3NO2. The summed E-state index contributed by atoms with van der Waals surface area (Å²) in [5, 5.41) is 0.538. The summed E-state index contributed by atoms with van der Waals surface area (Å²) in [5.74, 6) is -0.337. The Morgan fingerprint density at radius 1 is 1.47 bits per heavy atom. The van der Waals surface area contributed by atoms with Gasteiger partial charge in [0.1, 0.15) is 5.15 Å². The summed E-state index contributed by atoms with van der Waals surface area (Å²) in [7, 11) is 0. The Kier molecular flexibility index (Phi) is 7.10. The van der Waals surface area contributed by atoms with E-state index in [0.717, 1.165) is 0 Å². The van der Waals surface area contributed by atoms with E-state index >= 15 is 0 Å². The Bertz CT molecular complexity index is 452. The molecule has 7 heteroatoms. The molecule has 0 bridgehead atoms. The third kappa shape index (κ3) is 4.86. The smallest absolute Gasteiger partial charge is 0.339 e. The SMILES string of the molecule is CCOC(=O)c1cc(Cl)n(CC(I)=C(I)I)c1. The molecule has 3 nitrogen and oxygen atoms in total. The van der Waals surface area contributed by atoms with Gasteiger partial charge in [0.25, 0.3) is 0 Å². The maximum Gasteiger partial charge on any atom is 0.339 e. The van der Waals surface area contributed by atoms with Gasteiger partial charge in [0.15, 0.2) is 0 Å². The summed E-state index contributed by atoms with van der Waals surface area (Å²) in [4.78, 5) is 11.5. The predicted molar refractivity (Wildman–Crippen MR) is 94.5 cm³/mol. The predicted octanol–water partition coefficient (Wildman–Crippen LogP) is 4.79. The Hall–Kier alpha value is 0.970. The quantitative estimate of drug-likeness (QED) is 0.373. The van der Waals surface area contributed by atoms with Gasteiger partial charge in [-0.1, -0.05) is 11.6 Å². The number of carbonyl (C=O) groups excluding carboxylic acids is 1. The first kappa shape index (κ1) is 16.0. The molecule has 0 unspecified atom stereocenters. The molecule has 0 fully saturated rings. The molecule has 1 aromatic heterocycles. The molecule has 1 rings (SSSR count). The van der Waals surface area contributed by atoms with E-state index in [1.807, 2.05) is 4.57 Å². The number of carbonyl (C=O) groups is 1. The van der Waals surface area contributed by atoms with Crippen LogP contribution in [0, 0.1) is 0 Å². The summed E-state index contributed by atoms with van der Waals surface area (Å²) in [6.07, 6.45) is 1.72. The second kappa shape index (κ2) is 7.53. The van der Waals surface area contributed by atoms with Crippen molar-refractivity contribution in [3.63, 3.8) is 0 Å². The van der Waals surface area contributed by atoms with Crippen molar-refractivity contribution in [3.05, 3.63) is 28.1 Å². The van der Waals surface area contributed by atoms with Crippen molar-refractivity contribution >= 4 is 85.3 Å². The highest BCUT2D eigenvalue weighted by molar-refractivity contribution is 14.2. The van der Waals surface area contributed by atoms with Gasteiger partial charge in [0, 0.05) is 9.78 Å². The molecule has 0 amide bonds. The van der Waals surface area contributed by atoms with Gasteiger partial charge < -0.3 is 9.30 Å². The van der Waals surface area contributed by atoms with Crippen molar-refractivity contribution < 1.29 is 9.53 Å². The maximum absolute atomic E-state index is 11.5. The summed E-state index contributed by atoms with van der Waals surface area (Å²) in [6, 6.07) is 1.63. The molecule has 0 N–H and O–H groups in total. The lowest BCUT2D eigenvalue weighted by molar-refractivity contribution is 0.0526. The molecule has 94 valence electrons. The van der Waals surface area contributed by atoms with Gasteiger partial charge in [-0.05, 0) is 80.8 Å². The molecule has 0 aliphatic rings. The summed E-state index contributed by atoms with van der Waals surface area (Å²) >= 11 is 12.8. The Balaban J connectivity index is 2.89. The fraction of sp³-hybridized carbons (Fsp3) is 0.300. The zero-order chi connectivity index (χ0) is 13.0. The number of rotatable bonds is 4. The van der Waals surface area contributed by atoms with Gasteiger partial charge in [-0.15, -0.1) is 0 Å². The first-order valence-corrected chi connectivity index (χ1v) is 8.29. The van der Waals surface area contributed by atoms with E-state index in [1.54, 1.807) is 19.2 Å². The highest BCUT2D eigenvalue weighted by atomic mass is 127. The molecule has 0 saturated heterocycles. The molecule has 0 spiro atoms. The summed E-state index contributed by atoms with van der Waals surface area (Å²) < 4.78 is 9.11. The third-order valence-corrected chi connectivity index (χ3v) is 6.44. The minimum Gasteiger partial charge on any atom is -0.462 e. The first-order valence-electron chi connectivity index (χ1n) is 4.68. The zero-order valence-electron chi connectivity index (χ0n) is 8.84. The van der Waals surface area contributed by atoms with Gasteiger partial charge in [-0.2, -0.15) is 0 Å². The van der Waals surface area contributed by atoms with Gasteiger partial charge >= 0.3 is 5.97 Å². The first-order chi connectivity index (χ1) is 7.95. The minimum atomic E-state index is -0.337. The monoisotopic (exact) mass is 591 g/mol. The zero-order valence-corrected chi connectivity index (χ0v) is 16.1. The molecule has 0 aliphatic carbocycles. The van der Waals surface area contributed by atoms with Crippen LogP contribution in [0.4, 0.5) is 0 Å². The second-order valence-electron chi connectivity index (χ2n) is 3.07. The number of hydrogen-bond acceptors (Lipinski definition) is 2. The standard InChI is InChI=1S/C10H9ClI3NO2/c1-2-17-10(16)6-3-8(11)15(4-6)5-7(12)9(13)14/h3-4H,2,5H2,1H3. The molecule has 0 saturated carbocycles. The lowest BCUT2D eigenvalue weighted by Gasteiger charge is -2.04. The molecule has 17 heavy (non-hydrogen) atoms. The Morgan fingerprint density at radius 2 is 2.12 bits per heavy atom. The van der Waals surface area contributed by atoms with E-state index in [1.165, 1.54) is 5.17 Å². The van der Waals surface area contributed by atoms with Gasteiger partial charge in [-0.25, -0.2) is 4.79 Å². The average Bonchev–Trinajstić information content (AvgIpc) is 2.60. The van der Waals surface area contributed by atoms with E-state index in [9.17, 15) is 4.79 Å². The fourth-order valence-corrected chi connectivity index (χ4v) is 2.07. The Morgan fingerprint density at radius 3 is 2.65 bits per heavy atom. The number of ether oxygens (including phenoxy) is 1. The molecule has 1 heterocycles. The second-order valence-corrected chi connectivity index (χ2v) is 8.98. The van der Waals surface area contributed by atoms with Crippen molar-refractivity contribution in [2.45, 2.75) is 13.5 Å². The van der Waals surface area contributed by atoms with Crippen LogP contribution in [0.5, 0.6) is 0 Å². The highest BCUT2D eigenvalue weighted by Gasteiger charge is 2.12. The number of aromatic nitrogens is 1. The van der Waals surface area contributed by atoms with Gasteiger partial charge in [-0.3, -0.25) is 0 Å². The van der Waals surface area contributed by atoms with Crippen LogP contribution in [0.1, 0.15) is 17.3 Å². The molecule has 0 aliphatic heterocycles. The van der Waals surface area contributed by atoms with E-state index in [-0.39, 0.29) is 5.97 Å².